The molecule has 4 heteroatoms. The van der Waals surface area contributed by atoms with Crippen molar-refractivity contribution in [3.8, 4) is 0 Å². The van der Waals surface area contributed by atoms with E-state index in [4.69, 9.17) is 0 Å². The standard InChI is InChI=1S/C8H16S4/c9-6(10)8(7(11)12)4-2-1-3-5-8/h6-7,9-12H,1-5H2. The largest absolute Gasteiger partial charge is 0.165 e. The zero-order valence-electron chi connectivity index (χ0n) is 6.98. The average molecular weight is 240 g/mol. The topological polar surface area (TPSA) is 0 Å². The van der Waals surface area contributed by atoms with Gasteiger partial charge in [0.25, 0.3) is 0 Å². The van der Waals surface area contributed by atoms with Gasteiger partial charge in [0.2, 0.25) is 0 Å². The predicted octanol–water partition coefficient (Wildman–Crippen LogP) is 3.31. The summed E-state index contributed by atoms with van der Waals surface area (Å²) >= 11 is 17.7. The first-order chi connectivity index (χ1) is 5.59. The van der Waals surface area contributed by atoms with Gasteiger partial charge in [0.15, 0.2) is 0 Å². The van der Waals surface area contributed by atoms with Gasteiger partial charge in [0.1, 0.15) is 0 Å². The molecule has 0 N–H and O–H groups in total. The molecular weight excluding hydrogens is 224 g/mol. The van der Waals surface area contributed by atoms with Crippen LogP contribution < -0.4 is 0 Å². The minimum absolute atomic E-state index is 0.109. The van der Waals surface area contributed by atoms with Crippen molar-refractivity contribution < 1.29 is 0 Å². The van der Waals surface area contributed by atoms with E-state index < -0.39 is 0 Å². The van der Waals surface area contributed by atoms with Gasteiger partial charge in [-0.25, -0.2) is 0 Å². The zero-order valence-corrected chi connectivity index (χ0v) is 10.6. The van der Waals surface area contributed by atoms with Crippen LogP contribution in [0, 0.1) is 5.41 Å². The van der Waals surface area contributed by atoms with E-state index in [0.29, 0.717) is 0 Å². The van der Waals surface area contributed by atoms with Crippen molar-refractivity contribution in [2.75, 3.05) is 0 Å². The zero-order chi connectivity index (χ0) is 9.19. The second-order valence-corrected chi connectivity index (χ2v) is 6.42. The highest BCUT2D eigenvalue weighted by atomic mass is 32.2. The first-order valence-electron chi connectivity index (χ1n) is 4.32. The van der Waals surface area contributed by atoms with Crippen LogP contribution >= 0.6 is 50.5 Å². The Morgan fingerprint density at radius 3 is 1.42 bits per heavy atom. The fourth-order valence-electron chi connectivity index (χ4n) is 1.86. The van der Waals surface area contributed by atoms with E-state index in [2.05, 4.69) is 50.5 Å². The van der Waals surface area contributed by atoms with E-state index in [9.17, 15) is 0 Å². The van der Waals surface area contributed by atoms with Gasteiger partial charge >= 0.3 is 0 Å². The molecule has 0 atom stereocenters. The number of hydrogen-bond acceptors (Lipinski definition) is 4. The molecule has 0 saturated heterocycles. The fraction of sp³-hybridized carbons (Fsp3) is 1.00. The highest BCUT2D eigenvalue weighted by molar-refractivity contribution is 8.00. The summed E-state index contributed by atoms with van der Waals surface area (Å²) in [6.45, 7) is 0. The molecule has 0 unspecified atom stereocenters. The van der Waals surface area contributed by atoms with Gasteiger partial charge in [0.05, 0.1) is 9.16 Å². The monoisotopic (exact) mass is 240 g/mol. The Morgan fingerprint density at radius 1 is 0.750 bits per heavy atom. The normalized spacial score (nSPS) is 23.5. The lowest BCUT2D eigenvalue weighted by Gasteiger charge is -2.42. The first kappa shape index (κ1) is 11.5. The van der Waals surface area contributed by atoms with Crippen molar-refractivity contribution in [2.45, 2.75) is 41.3 Å². The van der Waals surface area contributed by atoms with Gasteiger partial charge in [-0.05, 0) is 12.8 Å². The third-order valence-corrected chi connectivity index (χ3v) is 4.87. The molecule has 0 amide bonds. The summed E-state index contributed by atoms with van der Waals surface area (Å²) in [5, 5.41) is 0. The van der Waals surface area contributed by atoms with Crippen LogP contribution in [0.4, 0.5) is 0 Å². The van der Waals surface area contributed by atoms with Crippen LogP contribution in [0.5, 0.6) is 0 Å². The highest BCUT2D eigenvalue weighted by Crippen LogP contribution is 2.48. The van der Waals surface area contributed by atoms with Crippen LogP contribution in [0.15, 0.2) is 0 Å². The molecule has 1 aliphatic carbocycles. The summed E-state index contributed by atoms with van der Waals surface area (Å²) in [4.78, 5) is 0. The van der Waals surface area contributed by atoms with E-state index in [0.717, 1.165) is 0 Å². The van der Waals surface area contributed by atoms with Crippen molar-refractivity contribution in [1.29, 1.82) is 0 Å². The molecule has 0 nitrogen and oxygen atoms in total. The molecule has 0 bridgehead atoms. The number of hydrogen-bond donors (Lipinski definition) is 4. The minimum atomic E-state index is 0.109. The lowest BCUT2D eigenvalue weighted by atomic mass is 9.76. The quantitative estimate of drug-likeness (QED) is 0.413. The van der Waals surface area contributed by atoms with Crippen LogP contribution in [0.25, 0.3) is 0 Å². The van der Waals surface area contributed by atoms with Crippen LogP contribution in [0.3, 0.4) is 0 Å². The van der Waals surface area contributed by atoms with E-state index in [1.165, 1.54) is 32.1 Å². The molecule has 1 aliphatic rings. The highest BCUT2D eigenvalue weighted by Gasteiger charge is 2.40. The molecule has 0 heterocycles. The summed E-state index contributed by atoms with van der Waals surface area (Å²) in [5.41, 5.74) is 0.136. The molecule has 72 valence electrons. The van der Waals surface area contributed by atoms with Crippen LogP contribution in [0.2, 0.25) is 0 Å². The smallest absolute Gasteiger partial charge is 0.0516 e. The molecule has 1 rings (SSSR count). The first-order valence-corrected chi connectivity index (χ1v) is 6.38. The molecule has 1 fully saturated rings. The predicted molar refractivity (Wildman–Crippen MR) is 69.0 cm³/mol. The molecule has 1 saturated carbocycles. The van der Waals surface area contributed by atoms with Crippen molar-refractivity contribution in [2.24, 2.45) is 5.41 Å². The van der Waals surface area contributed by atoms with Gasteiger partial charge in [-0.2, -0.15) is 50.5 Å². The molecule has 0 radical (unpaired) electrons. The van der Waals surface area contributed by atoms with Gasteiger partial charge in [-0.1, -0.05) is 19.3 Å². The molecule has 0 aromatic rings. The summed E-state index contributed by atoms with van der Waals surface area (Å²) in [6, 6.07) is 0. The number of thiol groups is 4. The molecule has 0 aliphatic heterocycles. The molecule has 0 aromatic heterocycles. The van der Waals surface area contributed by atoms with Gasteiger partial charge < -0.3 is 0 Å². The van der Waals surface area contributed by atoms with E-state index in [1.807, 2.05) is 0 Å². The van der Waals surface area contributed by atoms with Gasteiger partial charge in [-0.15, -0.1) is 0 Å². The maximum Gasteiger partial charge on any atom is 0.0516 e. The third-order valence-electron chi connectivity index (χ3n) is 2.81. The van der Waals surface area contributed by atoms with Crippen LogP contribution in [0.1, 0.15) is 32.1 Å². The van der Waals surface area contributed by atoms with E-state index in [1.54, 1.807) is 0 Å². The maximum absolute atomic E-state index is 4.43. The van der Waals surface area contributed by atoms with Gasteiger partial charge in [0, 0.05) is 5.41 Å². The number of rotatable bonds is 2. The Balaban J connectivity index is 2.70. The minimum Gasteiger partial charge on any atom is -0.165 e. The fourth-order valence-corrected chi connectivity index (χ4v) is 3.96. The van der Waals surface area contributed by atoms with Crippen molar-refractivity contribution >= 4 is 50.5 Å². The van der Waals surface area contributed by atoms with Crippen molar-refractivity contribution in [1.82, 2.24) is 0 Å². The Kier molecular flexibility index (Phi) is 4.55. The summed E-state index contributed by atoms with van der Waals surface area (Å²) in [6.07, 6.45) is 6.22. The average Bonchev–Trinajstić information content (AvgIpc) is 2.05. The molecular formula is C8H16S4. The van der Waals surface area contributed by atoms with Crippen molar-refractivity contribution in [3.05, 3.63) is 0 Å². The van der Waals surface area contributed by atoms with Gasteiger partial charge in [-0.3, -0.25) is 0 Å². The Hall–Kier alpha value is 1.40. The lowest BCUT2D eigenvalue weighted by Crippen LogP contribution is -2.37. The Labute approximate surface area is 96.9 Å². The van der Waals surface area contributed by atoms with Crippen LogP contribution in [-0.2, 0) is 0 Å². The van der Waals surface area contributed by atoms with Crippen molar-refractivity contribution in [3.63, 3.8) is 0 Å². The summed E-state index contributed by atoms with van der Waals surface area (Å²) in [5.74, 6) is 0. The van der Waals surface area contributed by atoms with E-state index >= 15 is 0 Å². The molecule has 0 spiro atoms. The maximum atomic E-state index is 4.43. The second kappa shape index (κ2) is 4.76. The molecule has 12 heavy (non-hydrogen) atoms. The lowest BCUT2D eigenvalue weighted by molar-refractivity contribution is 0.238. The second-order valence-electron chi connectivity index (χ2n) is 3.54. The Bertz CT molecular complexity index is 128. The Morgan fingerprint density at radius 2 is 1.17 bits per heavy atom. The summed E-state index contributed by atoms with van der Waals surface area (Å²) in [7, 11) is 0. The molecule has 0 aromatic carbocycles. The van der Waals surface area contributed by atoms with Crippen LogP contribution in [-0.4, -0.2) is 9.16 Å². The SMILES string of the molecule is SC(S)C1(C(S)S)CCCCC1. The third kappa shape index (κ3) is 2.25. The summed E-state index contributed by atoms with van der Waals surface area (Å²) < 4.78 is 0.218. The van der Waals surface area contributed by atoms with E-state index in [-0.39, 0.29) is 14.6 Å².